The Labute approximate surface area is 149 Å². The molecule has 0 amide bonds. The van der Waals surface area contributed by atoms with Gasteiger partial charge in [0, 0.05) is 11.8 Å². The SMILES string of the molecule is C[C@]12CCC(=O)C=C1CC[C@@H]1C2CC[C@@]2(C)[C@H]1CC[C@]2(O)C(=O)CO. The highest BCUT2D eigenvalue weighted by atomic mass is 16.3. The van der Waals surface area contributed by atoms with E-state index in [0.29, 0.717) is 30.6 Å². The molecule has 0 aromatic heterocycles. The van der Waals surface area contributed by atoms with Gasteiger partial charge in [-0.3, -0.25) is 9.59 Å². The normalized spacial score (nSPS) is 49.0. The average Bonchev–Trinajstić information content (AvgIpc) is 2.87. The monoisotopic (exact) mass is 346 g/mol. The van der Waals surface area contributed by atoms with E-state index in [4.69, 9.17) is 0 Å². The minimum atomic E-state index is -1.36. The number of aliphatic hydroxyl groups excluding tert-OH is 1. The average molecular weight is 346 g/mol. The molecule has 4 heteroatoms. The van der Waals surface area contributed by atoms with Crippen molar-refractivity contribution in [2.24, 2.45) is 28.6 Å². The molecular formula is C21H30O4. The number of aliphatic hydroxyl groups is 2. The molecule has 0 spiro atoms. The Balaban J connectivity index is 1.68. The molecule has 0 saturated heterocycles. The van der Waals surface area contributed by atoms with Gasteiger partial charge in [-0.1, -0.05) is 19.4 Å². The summed E-state index contributed by atoms with van der Waals surface area (Å²) in [5.41, 5.74) is -0.333. The van der Waals surface area contributed by atoms with E-state index in [0.717, 1.165) is 38.5 Å². The second-order valence-electron chi connectivity index (χ2n) is 9.41. The zero-order chi connectivity index (χ0) is 18.0. The molecule has 1 unspecified atom stereocenters. The van der Waals surface area contributed by atoms with Crippen LogP contribution in [0.5, 0.6) is 0 Å². The van der Waals surface area contributed by atoms with Crippen molar-refractivity contribution >= 4 is 11.6 Å². The quantitative estimate of drug-likeness (QED) is 0.806. The first-order chi connectivity index (χ1) is 11.8. The van der Waals surface area contributed by atoms with E-state index < -0.39 is 23.4 Å². The summed E-state index contributed by atoms with van der Waals surface area (Å²) in [6.45, 7) is 3.84. The smallest absolute Gasteiger partial charge is 0.190 e. The van der Waals surface area contributed by atoms with Crippen LogP contribution in [0.4, 0.5) is 0 Å². The first-order valence-corrected chi connectivity index (χ1v) is 9.87. The van der Waals surface area contributed by atoms with Crippen molar-refractivity contribution in [3.8, 4) is 0 Å². The lowest BCUT2D eigenvalue weighted by Crippen LogP contribution is -2.58. The maximum Gasteiger partial charge on any atom is 0.190 e. The summed E-state index contributed by atoms with van der Waals surface area (Å²) in [7, 11) is 0. The molecule has 6 atom stereocenters. The molecule has 0 heterocycles. The Hall–Kier alpha value is -1.00. The van der Waals surface area contributed by atoms with Gasteiger partial charge in [0.25, 0.3) is 0 Å². The number of hydrogen-bond acceptors (Lipinski definition) is 4. The fourth-order valence-electron chi connectivity index (χ4n) is 7.16. The lowest BCUT2D eigenvalue weighted by Gasteiger charge is -2.58. The van der Waals surface area contributed by atoms with E-state index in [1.54, 1.807) is 0 Å². The van der Waals surface area contributed by atoms with Crippen molar-refractivity contribution in [1.29, 1.82) is 0 Å². The van der Waals surface area contributed by atoms with Gasteiger partial charge in [-0.2, -0.15) is 0 Å². The minimum absolute atomic E-state index is 0.111. The third-order valence-electron chi connectivity index (χ3n) is 8.72. The summed E-state index contributed by atoms with van der Waals surface area (Å²) in [6, 6.07) is 0. The lowest BCUT2D eigenvalue weighted by molar-refractivity contribution is -0.164. The van der Waals surface area contributed by atoms with Gasteiger partial charge in [0.15, 0.2) is 11.6 Å². The number of Topliss-reactive ketones (excluding diaryl/α,β-unsaturated/α-hetero) is 1. The van der Waals surface area contributed by atoms with E-state index in [1.807, 2.05) is 6.08 Å². The fourth-order valence-corrected chi connectivity index (χ4v) is 7.16. The van der Waals surface area contributed by atoms with E-state index in [9.17, 15) is 19.8 Å². The fraction of sp³-hybridized carbons (Fsp3) is 0.810. The van der Waals surface area contributed by atoms with Gasteiger partial charge in [-0.05, 0) is 74.2 Å². The first kappa shape index (κ1) is 17.4. The largest absolute Gasteiger partial charge is 0.388 e. The molecular weight excluding hydrogens is 316 g/mol. The number of allylic oxidation sites excluding steroid dienone is 1. The predicted molar refractivity (Wildman–Crippen MR) is 93.8 cm³/mol. The van der Waals surface area contributed by atoms with Crippen LogP contribution >= 0.6 is 0 Å². The number of ketones is 2. The van der Waals surface area contributed by atoms with Gasteiger partial charge in [0.1, 0.15) is 12.2 Å². The van der Waals surface area contributed by atoms with E-state index in [1.165, 1.54) is 5.57 Å². The van der Waals surface area contributed by atoms with Crippen molar-refractivity contribution in [2.75, 3.05) is 6.61 Å². The predicted octanol–water partition coefficient (Wildman–Crippen LogP) is 2.81. The number of carbonyl (C=O) groups excluding carboxylic acids is 2. The van der Waals surface area contributed by atoms with Gasteiger partial charge >= 0.3 is 0 Å². The molecule has 4 aliphatic carbocycles. The van der Waals surface area contributed by atoms with Gasteiger partial charge in [0.05, 0.1) is 0 Å². The second-order valence-corrected chi connectivity index (χ2v) is 9.41. The Kier molecular flexibility index (Phi) is 3.83. The maximum absolute atomic E-state index is 12.3. The van der Waals surface area contributed by atoms with Crippen LogP contribution in [0.2, 0.25) is 0 Å². The zero-order valence-corrected chi connectivity index (χ0v) is 15.4. The highest BCUT2D eigenvalue weighted by Crippen LogP contribution is 2.67. The molecule has 4 nitrogen and oxygen atoms in total. The molecule has 138 valence electrons. The number of carbonyl (C=O) groups is 2. The third-order valence-corrected chi connectivity index (χ3v) is 8.72. The van der Waals surface area contributed by atoms with Crippen molar-refractivity contribution in [2.45, 2.75) is 70.8 Å². The first-order valence-electron chi connectivity index (χ1n) is 9.87. The van der Waals surface area contributed by atoms with Crippen molar-refractivity contribution in [3.05, 3.63) is 11.6 Å². The number of fused-ring (bicyclic) bond motifs is 5. The van der Waals surface area contributed by atoms with E-state index in [-0.39, 0.29) is 11.2 Å². The van der Waals surface area contributed by atoms with Crippen LogP contribution in [0.1, 0.15) is 65.2 Å². The summed E-state index contributed by atoms with van der Waals surface area (Å²) in [6.07, 6.45) is 8.72. The van der Waals surface area contributed by atoms with Crippen LogP contribution in [-0.4, -0.2) is 34.0 Å². The molecule has 25 heavy (non-hydrogen) atoms. The van der Waals surface area contributed by atoms with Crippen molar-refractivity contribution < 1.29 is 19.8 Å². The van der Waals surface area contributed by atoms with Crippen LogP contribution in [0.3, 0.4) is 0 Å². The molecule has 0 aliphatic heterocycles. The van der Waals surface area contributed by atoms with Crippen LogP contribution in [0, 0.1) is 28.6 Å². The van der Waals surface area contributed by atoms with Crippen LogP contribution in [-0.2, 0) is 9.59 Å². The number of hydrogen-bond donors (Lipinski definition) is 2. The summed E-state index contributed by atoms with van der Waals surface area (Å²) in [5.74, 6) is 1.26. The summed E-state index contributed by atoms with van der Waals surface area (Å²) in [5, 5.41) is 20.5. The summed E-state index contributed by atoms with van der Waals surface area (Å²) in [4.78, 5) is 24.2. The molecule has 4 rings (SSSR count). The highest BCUT2D eigenvalue weighted by Gasteiger charge is 2.65. The molecule has 0 bridgehead atoms. The zero-order valence-electron chi connectivity index (χ0n) is 15.4. The highest BCUT2D eigenvalue weighted by molar-refractivity contribution is 5.91. The summed E-state index contributed by atoms with van der Waals surface area (Å²) >= 11 is 0. The molecule has 3 saturated carbocycles. The van der Waals surface area contributed by atoms with E-state index in [2.05, 4.69) is 13.8 Å². The summed E-state index contributed by atoms with van der Waals surface area (Å²) < 4.78 is 0. The molecule has 0 aromatic carbocycles. The Morgan fingerprint density at radius 1 is 1.12 bits per heavy atom. The van der Waals surface area contributed by atoms with Gasteiger partial charge < -0.3 is 10.2 Å². The minimum Gasteiger partial charge on any atom is -0.388 e. The van der Waals surface area contributed by atoms with Gasteiger partial charge in [-0.15, -0.1) is 0 Å². The van der Waals surface area contributed by atoms with Crippen molar-refractivity contribution in [1.82, 2.24) is 0 Å². The molecule has 4 aliphatic rings. The third kappa shape index (κ3) is 2.13. The Bertz CT molecular complexity index is 652. The van der Waals surface area contributed by atoms with E-state index >= 15 is 0 Å². The number of rotatable bonds is 2. The second kappa shape index (κ2) is 5.50. The molecule has 2 N–H and O–H groups in total. The van der Waals surface area contributed by atoms with Gasteiger partial charge in [0.2, 0.25) is 0 Å². The molecule has 0 radical (unpaired) electrons. The van der Waals surface area contributed by atoms with Crippen LogP contribution in [0.15, 0.2) is 11.6 Å². The van der Waals surface area contributed by atoms with Crippen LogP contribution in [0.25, 0.3) is 0 Å². The molecule has 0 aromatic rings. The maximum atomic E-state index is 12.3. The Morgan fingerprint density at radius 2 is 1.84 bits per heavy atom. The topological polar surface area (TPSA) is 74.6 Å². The standard InChI is InChI=1S/C21H30O4/c1-19-8-5-14(23)11-13(19)3-4-15-16(19)6-9-20(2)17(15)7-10-21(20,25)18(24)12-22/h11,15-17,22,25H,3-10,12H2,1-2H3/t15-,16?,17+,19+,20+,21+/m1/s1. The molecule has 3 fully saturated rings. The van der Waals surface area contributed by atoms with Crippen molar-refractivity contribution in [3.63, 3.8) is 0 Å². The van der Waals surface area contributed by atoms with Gasteiger partial charge in [-0.25, -0.2) is 0 Å². The van der Waals surface area contributed by atoms with Crippen LogP contribution < -0.4 is 0 Å². The lowest BCUT2D eigenvalue weighted by atomic mass is 9.46. The Morgan fingerprint density at radius 3 is 2.56 bits per heavy atom.